The molecule has 3 fully saturated rings. The number of imide groups is 1. The zero-order valence-electron chi connectivity index (χ0n) is 32.3. The maximum atomic E-state index is 13.2. The third kappa shape index (κ3) is 7.45. The standard InChI is InChI=1S/C29H34N6O4.C14H16F2N2/c36-26-7-6-24(28(37)31-26)35-17-22-21(29(35)38)4-5-23-27(22)39-18-20-16-32(13-14-34(20)23)15-19-8-11-33(12-9-19)25-3-1-2-10-30-25;1-9-6-11-10-4-2-3-5-12(10)17-13(11)7-18(9)8-14(15)16/h1-5,10,19-20,24H,6-9,11-18H2,(H,31,36,37);2-5,9,14,17H,6-8H2,1H3. The van der Waals surface area contributed by atoms with Crippen LogP contribution in [0, 0.1) is 5.92 Å². The van der Waals surface area contributed by atoms with Crippen LogP contribution in [0.25, 0.3) is 10.9 Å². The van der Waals surface area contributed by atoms with Crippen LogP contribution in [0.2, 0.25) is 0 Å². The summed E-state index contributed by atoms with van der Waals surface area (Å²) in [6, 6.07) is 18.0. The first-order chi connectivity index (χ1) is 27.7. The summed E-state index contributed by atoms with van der Waals surface area (Å²) in [7, 11) is 0. The van der Waals surface area contributed by atoms with Crippen molar-refractivity contribution in [2.45, 2.75) is 76.7 Å². The van der Waals surface area contributed by atoms with Gasteiger partial charge in [-0.1, -0.05) is 24.3 Å². The Labute approximate surface area is 331 Å². The van der Waals surface area contributed by atoms with Crippen LogP contribution in [-0.4, -0.2) is 119 Å². The van der Waals surface area contributed by atoms with Crippen LogP contribution in [0.1, 0.15) is 59.8 Å². The molecule has 6 aliphatic rings. The SMILES string of the molecule is CC1Cc2c([nH]c3ccccc23)CN1CC(F)F.O=C1CCC(N2Cc3c(ccc4c3OCC3CN(CC5CCN(c6ccccn6)CC5)CCN43)C2=O)C(=O)N1. The normalized spacial score (nSPS) is 24.0. The van der Waals surface area contributed by atoms with Gasteiger partial charge in [-0.3, -0.25) is 29.5 Å². The van der Waals surface area contributed by atoms with Crippen LogP contribution in [0.4, 0.5) is 20.3 Å². The van der Waals surface area contributed by atoms with Crippen LogP contribution < -0.4 is 19.9 Å². The number of aromatic amines is 1. The summed E-state index contributed by atoms with van der Waals surface area (Å²) in [6.07, 6.45) is 3.42. The second-order valence-electron chi connectivity index (χ2n) is 16.4. The highest BCUT2D eigenvalue weighted by Gasteiger charge is 2.43. The van der Waals surface area contributed by atoms with Gasteiger partial charge in [0.25, 0.3) is 12.3 Å². The van der Waals surface area contributed by atoms with Gasteiger partial charge in [0, 0.05) is 92.2 Å². The van der Waals surface area contributed by atoms with Gasteiger partial charge in [-0.25, -0.2) is 13.8 Å². The molecule has 2 aromatic carbocycles. The van der Waals surface area contributed by atoms with Gasteiger partial charge in [-0.15, -0.1) is 0 Å². The minimum Gasteiger partial charge on any atom is -0.489 e. The summed E-state index contributed by atoms with van der Waals surface area (Å²) < 4.78 is 31.4. The van der Waals surface area contributed by atoms with Crippen LogP contribution in [-0.2, 0) is 29.1 Å². The fraction of sp³-hybridized carbons (Fsp3) is 0.488. The molecule has 3 unspecified atom stereocenters. The van der Waals surface area contributed by atoms with E-state index in [1.54, 1.807) is 4.90 Å². The van der Waals surface area contributed by atoms with Crippen molar-refractivity contribution in [2.75, 3.05) is 62.2 Å². The highest BCUT2D eigenvalue weighted by molar-refractivity contribution is 6.06. The first kappa shape index (κ1) is 37.5. The quantitative estimate of drug-likeness (QED) is 0.266. The van der Waals surface area contributed by atoms with E-state index in [9.17, 15) is 23.2 Å². The Hall–Kier alpha value is -5.08. The lowest BCUT2D eigenvalue weighted by Gasteiger charge is -2.47. The van der Waals surface area contributed by atoms with Crippen LogP contribution in [0.5, 0.6) is 5.75 Å². The highest BCUT2D eigenvalue weighted by Crippen LogP contribution is 2.44. The van der Waals surface area contributed by atoms with Crippen molar-refractivity contribution in [1.82, 2.24) is 30.0 Å². The van der Waals surface area contributed by atoms with Gasteiger partial charge >= 0.3 is 0 Å². The third-order valence-electron chi connectivity index (χ3n) is 12.8. The molecule has 3 saturated heterocycles. The Morgan fingerprint density at radius 3 is 2.53 bits per heavy atom. The van der Waals surface area contributed by atoms with Gasteiger partial charge in [0.05, 0.1) is 24.8 Å². The van der Waals surface area contributed by atoms with Crippen molar-refractivity contribution in [3.05, 3.63) is 83.2 Å². The maximum absolute atomic E-state index is 13.2. The Morgan fingerprint density at radius 1 is 0.912 bits per heavy atom. The molecule has 57 heavy (non-hydrogen) atoms. The smallest absolute Gasteiger partial charge is 0.255 e. The summed E-state index contributed by atoms with van der Waals surface area (Å²) in [5.41, 5.74) is 6.01. The van der Waals surface area contributed by atoms with Crippen molar-refractivity contribution in [1.29, 1.82) is 0 Å². The van der Waals surface area contributed by atoms with Crippen molar-refractivity contribution in [3.63, 3.8) is 0 Å². The number of carbonyl (C=O) groups excluding carboxylic acids is 3. The lowest BCUT2D eigenvalue weighted by molar-refractivity contribution is -0.136. The fourth-order valence-corrected chi connectivity index (χ4v) is 9.79. The van der Waals surface area contributed by atoms with E-state index in [0.29, 0.717) is 37.6 Å². The zero-order valence-corrected chi connectivity index (χ0v) is 32.3. The molecule has 2 N–H and O–H groups in total. The monoisotopic (exact) mass is 780 g/mol. The number of para-hydroxylation sites is 1. The van der Waals surface area contributed by atoms with Crippen molar-refractivity contribution in [3.8, 4) is 5.75 Å². The number of pyridine rings is 1. The summed E-state index contributed by atoms with van der Waals surface area (Å²) in [6.45, 7) is 9.54. The van der Waals surface area contributed by atoms with Crippen molar-refractivity contribution >= 4 is 40.1 Å². The molecule has 8 heterocycles. The molecule has 300 valence electrons. The Kier molecular flexibility index (Phi) is 10.3. The molecule has 2 aromatic heterocycles. The number of alkyl halides is 2. The average Bonchev–Trinajstić information content (AvgIpc) is 3.75. The molecular formula is C43H50F2N8O4. The molecule has 0 saturated carbocycles. The molecule has 6 aliphatic heterocycles. The van der Waals surface area contributed by atoms with Gasteiger partial charge in [-0.2, -0.15) is 0 Å². The second kappa shape index (κ2) is 15.7. The maximum Gasteiger partial charge on any atom is 0.255 e. The summed E-state index contributed by atoms with van der Waals surface area (Å²) >= 11 is 0. The number of hydrogen-bond donors (Lipinski definition) is 2. The predicted octanol–water partition coefficient (Wildman–Crippen LogP) is 4.82. The molecule has 14 heteroatoms. The first-order valence-corrected chi connectivity index (χ1v) is 20.4. The van der Waals surface area contributed by atoms with E-state index in [1.807, 2.05) is 54.4 Å². The number of piperidine rings is 2. The van der Waals surface area contributed by atoms with Crippen molar-refractivity contribution in [2.24, 2.45) is 5.92 Å². The number of aromatic nitrogens is 2. The number of H-pyrrole nitrogens is 1. The number of piperazine rings is 1. The lowest BCUT2D eigenvalue weighted by Crippen LogP contribution is -2.58. The molecule has 3 amide bonds. The number of nitrogens with zero attached hydrogens (tertiary/aromatic N) is 6. The van der Waals surface area contributed by atoms with Gasteiger partial charge in [0.2, 0.25) is 11.8 Å². The number of anilines is 2. The van der Waals surface area contributed by atoms with Crippen LogP contribution in [0.3, 0.4) is 0 Å². The molecular weight excluding hydrogens is 731 g/mol. The average molecular weight is 781 g/mol. The molecule has 4 aromatic rings. The van der Waals surface area contributed by atoms with Crippen LogP contribution >= 0.6 is 0 Å². The Bertz CT molecular complexity index is 2140. The van der Waals surface area contributed by atoms with Gasteiger partial charge in [-0.05, 0) is 74.4 Å². The molecule has 0 bridgehead atoms. The number of fused-ring (bicyclic) bond motifs is 8. The Morgan fingerprint density at radius 2 is 1.74 bits per heavy atom. The number of ether oxygens (including phenoxy) is 1. The van der Waals surface area contributed by atoms with E-state index in [2.05, 4.69) is 48.2 Å². The first-order valence-electron chi connectivity index (χ1n) is 20.4. The zero-order chi connectivity index (χ0) is 39.2. The molecule has 0 spiro atoms. The number of carbonyl (C=O) groups is 3. The van der Waals surface area contributed by atoms with E-state index in [4.69, 9.17) is 4.74 Å². The van der Waals surface area contributed by atoms with E-state index < -0.39 is 12.5 Å². The highest BCUT2D eigenvalue weighted by atomic mass is 19.3. The van der Waals surface area contributed by atoms with E-state index in [1.165, 1.54) is 23.8 Å². The number of nitrogens with one attached hydrogen (secondary N) is 2. The molecule has 0 radical (unpaired) electrons. The van der Waals surface area contributed by atoms with Gasteiger partial charge in [0.15, 0.2) is 0 Å². The lowest BCUT2D eigenvalue weighted by atomic mass is 9.95. The fourth-order valence-electron chi connectivity index (χ4n) is 9.79. The number of halogens is 2. The minimum absolute atomic E-state index is 0.143. The van der Waals surface area contributed by atoms with Crippen LogP contribution in [0.15, 0.2) is 60.8 Å². The van der Waals surface area contributed by atoms with E-state index in [-0.39, 0.29) is 42.8 Å². The molecule has 10 rings (SSSR count). The largest absolute Gasteiger partial charge is 0.489 e. The van der Waals surface area contributed by atoms with Gasteiger partial charge < -0.3 is 24.4 Å². The second-order valence-corrected chi connectivity index (χ2v) is 16.4. The summed E-state index contributed by atoms with van der Waals surface area (Å²) in [5, 5.41) is 3.61. The van der Waals surface area contributed by atoms with E-state index >= 15 is 0 Å². The number of benzene rings is 2. The van der Waals surface area contributed by atoms with E-state index in [0.717, 1.165) is 79.7 Å². The van der Waals surface area contributed by atoms with Crippen molar-refractivity contribution < 1.29 is 27.9 Å². The minimum atomic E-state index is -2.27. The number of amides is 3. The summed E-state index contributed by atoms with van der Waals surface area (Å²) in [5.74, 6) is 1.73. The number of hydrogen-bond acceptors (Lipinski definition) is 9. The van der Waals surface area contributed by atoms with Gasteiger partial charge in [0.1, 0.15) is 24.2 Å². The predicted molar refractivity (Wildman–Crippen MR) is 213 cm³/mol. The molecule has 12 nitrogen and oxygen atoms in total. The summed E-state index contributed by atoms with van der Waals surface area (Å²) in [4.78, 5) is 56.0. The molecule has 3 atom stereocenters. The third-order valence-corrected chi connectivity index (χ3v) is 12.8. The topological polar surface area (TPSA) is 117 Å². The Balaban J connectivity index is 0.000000196. The number of rotatable bonds is 6. The molecule has 0 aliphatic carbocycles.